The zero-order chi connectivity index (χ0) is 19.2. The molecule has 0 bridgehead atoms. The van der Waals surface area contributed by atoms with Crippen molar-refractivity contribution >= 4 is 29.9 Å². The van der Waals surface area contributed by atoms with Crippen molar-refractivity contribution < 1.29 is 14.2 Å². The SMILES string of the molecule is CCCOc1ncccc1CN=C(NCC)NCCCOCC1CCCO1.I. The number of hydrogen-bond acceptors (Lipinski definition) is 5. The summed E-state index contributed by atoms with van der Waals surface area (Å²) >= 11 is 0. The number of nitrogens with zero attached hydrogens (tertiary/aromatic N) is 2. The molecule has 28 heavy (non-hydrogen) atoms. The van der Waals surface area contributed by atoms with Gasteiger partial charge in [-0.1, -0.05) is 13.0 Å². The molecule has 2 heterocycles. The van der Waals surface area contributed by atoms with E-state index in [4.69, 9.17) is 14.2 Å². The normalized spacial score (nSPS) is 16.5. The van der Waals surface area contributed by atoms with Crippen molar-refractivity contribution in [3.8, 4) is 5.88 Å². The van der Waals surface area contributed by atoms with Gasteiger partial charge in [-0.25, -0.2) is 9.98 Å². The third-order valence-corrected chi connectivity index (χ3v) is 4.13. The number of nitrogens with one attached hydrogen (secondary N) is 2. The van der Waals surface area contributed by atoms with E-state index >= 15 is 0 Å². The van der Waals surface area contributed by atoms with Gasteiger partial charge in [0.15, 0.2) is 5.96 Å². The van der Waals surface area contributed by atoms with Crippen molar-refractivity contribution in [2.75, 3.05) is 39.5 Å². The molecule has 1 aromatic rings. The van der Waals surface area contributed by atoms with Gasteiger partial charge in [-0.3, -0.25) is 0 Å². The first-order chi connectivity index (χ1) is 13.3. The maximum absolute atomic E-state index is 5.70. The Hall–Kier alpha value is -1.13. The highest BCUT2D eigenvalue weighted by molar-refractivity contribution is 14.0. The summed E-state index contributed by atoms with van der Waals surface area (Å²) in [6.07, 6.45) is 6.19. The average Bonchev–Trinajstić information content (AvgIpc) is 3.21. The molecule has 2 rings (SSSR count). The Morgan fingerprint density at radius 1 is 1.32 bits per heavy atom. The third-order valence-electron chi connectivity index (χ3n) is 4.13. The molecule has 0 amide bonds. The molecule has 1 aromatic heterocycles. The van der Waals surface area contributed by atoms with E-state index < -0.39 is 0 Å². The molecule has 8 heteroatoms. The van der Waals surface area contributed by atoms with E-state index in [9.17, 15) is 0 Å². The molecule has 1 fully saturated rings. The molecular formula is C20H35IN4O3. The summed E-state index contributed by atoms with van der Waals surface area (Å²) in [4.78, 5) is 8.96. The highest BCUT2D eigenvalue weighted by atomic mass is 127. The number of halogens is 1. The second-order valence-electron chi connectivity index (χ2n) is 6.50. The Morgan fingerprint density at radius 3 is 2.96 bits per heavy atom. The molecule has 0 saturated carbocycles. The molecule has 1 aliphatic heterocycles. The Balaban J connectivity index is 0.00000392. The van der Waals surface area contributed by atoms with Crippen LogP contribution in [0.5, 0.6) is 5.88 Å². The first-order valence-corrected chi connectivity index (χ1v) is 10.1. The number of guanidine groups is 1. The number of aliphatic imine (C=N–C) groups is 1. The quantitative estimate of drug-likeness (QED) is 0.196. The van der Waals surface area contributed by atoms with E-state index in [1.807, 2.05) is 12.1 Å². The number of pyridine rings is 1. The van der Waals surface area contributed by atoms with E-state index in [2.05, 4.69) is 34.5 Å². The van der Waals surface area contributed by atoms with Gasteiger partial charge in [0.1, 0.15) is 0 Å². The first-order valence-electron chi connectivity index (χ1n) is 10.1. The fraction of sp³-hybridized carbons (Fsp3) is 0.700. The van der Waals surface area contributed by atoms with Crippen LogP contribution in [-0.2, 0) is 16.0 Å². The van der Waals surface area contributed by atoms with Crippen molar-refractivity contribution in [1.82, 2.24) is 15.6 Å². The van der Waals surface area contributed by atoms with Crippen molar-refractivity contribution in [2.45, 2.75) is 52.2 Å². The fourth-order valence-electron chi connectivity index (χ4n) is 2.75. The largest absolute Gasteiger partial charge is 0.477 e. The maximum Gasteiger partial charge on any atom is 0.218 e. The zero-order valence-electron chi connectivity index (χ0n) is 17.1. The van der Waals surface area contributed by atoms with Crippen LogP contribution in [0.4, 0.5) is 0 Å². The van der Waals surface area contributed by atoms with Gasteiger partial charge in [-0.05, 0) is 38.7 Å². The van der Waals surface area contributed by atoms with Crippen LogP contribution in [-0.4, -0.2) is 56.6 Å². The van der Waals surface area contributed by atoms with Crippen LogP contribution in [0.1, 0.15) is 45.1 Å². The van der Waals surface area contributed by atoms with Gasteiger partial charge in [0, 0.05) is 38.1 Å². The van der Waals surface area contributed by atoms with Crippen molar-refractivity contribution in [1.29, 1.82) is 0 Å². The lowest BCUT2D eigenvalue weighted by Crippen LogP contribution is -2.38. The highest BCUT2D eigenvalue weighted by Gasteiger charge is 2.14. The van der Waals surface area contributed by atoms with Crippen LogP contribution in [0.15, 0.2) is 23.3 Å². The average molecular weight is 506 g/mol. The molecule has 160 valence electrons. The molecular weight excluding hydrogens is 471 g/mol. The summed E-state index contributed by atoms with van der Waals surface area (Å²) in [6.45, 7) is 9.26. The Morgan fingerprint density at radius 2 is 2.21 bits per heavy atom. The minimum atomic E-state index is 0. The van der Waals surface area contributed by atoms with Gasteiger partial charge in [0.25, 0.3) is 0 Å². The summed E-state index contributed by atoms with van der Waals surface area (Å²) in [5.74, 6) is 1.46. The van der Waals surface area contributed by atoms with E-state index in [1.54, 1.807) is 6.20 Å². The molecule has 1 atom stereocenters. The second-order valence-corrected chi connectivity index (χ2v) is 6.50. The van der Waals surface area contributed by atoms with Crippen LogP contribution in [0.2, 0.25) is 0 Å². The van der Waals surface area contributed by atoms with Crippen LogP contribution in [0.25, 0.3) is 0 Å². The predicted octanol–water partition coefficient (Wildman–Crippen LogP) is 3.13. The minimum absolute atomic E-state index is 0. The van der Waals surface area contributed by atoms with E-state index in [-0.39, 0.29) is 24.0 Å². The van der Waals surface area contributed by atoms with Crippen molar-refractivity contribution in [3.05, 3.63) is 23.9 Å². The third kappa shape index (κ3) is 9.88. The summed E-state index contributed by atoms with van der Waals surface area (Å²) in [5, 5.41) is 6.62. The summed E-state index contributed by atoms with van der Waals surface area (Å²) in [5.41, 5.74) is 0.989. The number of rotatable bonds is 12. The lowest BCUT2D eigenvalue weighted by Gasteiger charge is -2.13. The second kappa shape index (κ2) is 15.8. The summed E-state index contributed by atoms with van der Waals surface area (Å²) < 4.78 is 16.9. The molecule has 0 aromatic carbocycles. The Bertz CT molecular complexity index is 554. The smallest absolute Gasteiger partial charge is 0.218 e. The molecule has 1 saturated heterocycles. The Kier molecular flexibility index (Phi) is 14.0. The molecule has 0 spiro atoms. The van der Waals surface area contributed by atoms with Gasteiger partial charge in [-0.2, -0.15) is 0 Å². The van der Waals surface area contributed by atoms with E-state index in [1.165, 1.54) is 0 Å². The number of ether oxygens (including phenoxy) is 3. The maximum atomic E-state index is 5.70. The van der Waals surface area contributed by atoms with Gasteiger partial charge in [0.05, 0.1) is 25.9 Å². The summed E-state index contributed by atoms with van der Waals surface area (Å²) in [6, 6.07) is 3.92. The van der Waals surface area contributed by atoms with Gasteiger partial charge in [0.2, 0.25) is 5.88 Å². The number of aromatic nitrogens is 1. The van der Waals surface area contributed by atoms with Crippen LogP contribution in [0, 0.1) is 0 Å². The highest BCUT2D eigenvalue weighted by Crippen LogP contribution is 2.15. The lowest BCUT2D eigenvalue weighted by molar-refractivity contribution is 0.0168. The van der Waals surface area contributed by atoms with E-state index in [0.717, 1.165) is 63.5 Å². The summed E-state index contributed by atoms with van der Waals surface area (Å²) in [7, 11) is 0. The van der Waals surface area contributed by atoms with Crippen molar-refractivity contribution in [2.24, 2.45) is 4.99 Å². The van der Waals surface area contributed by atoms with E-state index in [0.29, 0.717) is 31.7 Å². The van der Waals surface area contributed by atoms with Crippen LogP contribution < -0.4 is 15.4 Å². The number of hydrogen-bond donors (Lipinski definition) is 2. The Labute approximate surface area is 186 Å². The topological polar surface area (TPSA) is 77.0 Å². The molecule has 2 N–H and O–H groups in total. The standard InChI is InChI=1S/C20H34N4O3.HI/c1-3-12-27-19-17(8-5-10-22-19)15-24-20(21-4-2)23-11-7-13-25-16-18-9-6-14-26-18;/h5,8,10,18H,3-4,6-7,9,11-16H2,1-2H3,(H2,21,23,24);1H. The molecule has 1 aliphatic rings. The van der Waals surface area contributed by atoms with Crippen LogP contribution >= 0.6 is 24.0 Å². The molecule has 1 unspecified atom stereocenters. The van der Waals surface area contributed by atoms with Gasteiger partial charge >= 0.3 is 0 Å². The molecule has 0 aliphatic carbocycles. The van der Waals surface area contributed by atoms with Gasteiger partial charge in [-0.15, -0.1) is 24.0 Å². The zero-order valence-corrected chi connectivity index (χ0v) is 19.4. The minimum Gasteiger partial charge on any atom is -0.477 e. The first kappa shape index (κ1) is 24.9. The molecule has 7 nitrogen and oxygen atoms in total. The predicted molar refractivity (Wildman–Crippen MR) is 123 cm³/mol. The molecule has 0 radical (unpaired) electrons. The monoisotopic (exact) mass is 506 g/mol. The van der Waals surface area contributed by atoms with Crippen LogP contribution in [0.3, 0.4) is 0 Å². The lowest BCUT2D eigenvalue weighted by atomic mass is 10.2. The fourth-order valence-corrected chi connectivity index (χ4v) is 2.75. The van der Waals surface area contributed by atoms with Gasteiger partial charge < -0.3 is 24.8 Å². The van der Waals surface area contributed by atoms with Crippen molar-refractivity contribution in [3.63, 3.8) is 0 Å².